The maximum absolute atomic E-state index is 12.4. The molecule has 0 unspecified atom stereocenters. The van der Waals surface area contributed by atoms with Crippen molar-refractivity contribution in [2.45, 2.75) is 11.5 Å². The first-order valence-corrected chi connectivity index (χ1v) is 8.68. The van der Waals surface area contributed by atoms with E-state index in [1.54, 1.807) is 17.8 Å². The Morgan fingerprint density at radius 3 is 2.54 bits per heavy atom. The van der Waals surface area contributed by atoms with Crippen molar-refractivity contribution < 1.29 is 13.9 Å². The maximum atomic E-state index is 12.4. The molecule has 0 aliphatic heterocycles. The van der Waals surface area contributed by atoms with Crippen LogP contribution in [-0.4, -0.2) is 12.2 Å². The van der Waals surface area contributed by atoms with Crippen LogP contribution in [0.2, 0.25) is 0 Å². The average molecular weight is 339 g/mol. The number of para-hydroxylation sites is 1. The zero-order chi connectivity index (χ0) is 16.8. The van der Waals surface area contributed by atoms with Gasteiger partial charge in [-0.25, -0.2) is 0 Å². The Morgan fingerprint density at radius 1 is 1.08 bits per heavy atom. The van der Waals surface area contributed by atoms with Crippen molar-refractivity contribution in [2.24, 2.45) is 0 Å². The number of carbonyl (C=O) groups is 1. The Balaban J connectivity index is 1.66. The molecule has 1 heterocycles. The first kappa shape index (κ1) is 16.2. The van der Waals surface area contributed by atoms with Crippen molar-refractivity contribution in [2.75, 3.05) is 11.6 Å². The number of nitrogens with one attached hydrogen (secondary N) is 1. The highest BCUT2D eigenvalue weighted by Crippen LogP contribution is 2.20. The number of thioether (sulfide) groups is 1. The molecule has 1 amide bonds. The molecule has 0 bridgehead atoms. The largest absolute Gasteiger partial charge is 0.489 e. The number of ether oxygens (including phenoxy) is 1. The molecule has 3 aromatic rings. The lowest BCUT2D eigenvalue weighted by atomic mass is 10.2. The lowest BCUT2D eigenvalue weighted by Gasteiger charge is -2.07. The van der Waals surface area contributed by atoms with Gasteiger partial charge >= 0.3 is 0 Å². The van der Waals surface area contributed by atoms with Crippen LogP contribution < -0.4 is 10.1 Å². The molecule has 5 heteroatoms. The van der Waals surface area contributed by atoms with Gasteiger partial charge in [-0.05, 0) is 48.7 Å². The summed E-state index contributed by atoms with van der Waals surface area (Å²) in [6, 6.07) is 18.9. The Morgan fingerprint density at radius 2 is 1.83 bits per heavy atom. The van der Waals surface area contributed by atoms with Crippen molar-refractivity contribution in [1.29, 1.82) is 0 Å². The molecule has 24 heavy (non-hydrogen) atoms. The average Bonchev–Trinajstić information content (AvgIpc) is 3.10. The third-order valence-electron chi connectivity index (χ3n) is 3.44. The van der Waals surface area contributed by atoms with E-state index >= 15 is 0 Å². The second-order valence-corrected chi connectivity index (χ2v) is 5.94. The summed E-state index contributed by atoms with van der Waals surface area (Å²) in [7, 11) is 0. The van der Waals surface area contributed by atoms with Crippen LogP contribution in [0.4, 0.5) is 5.69 Å². The number of anilines is 1. The van der Waals surface area contributed by atoms with Crippen LogP contribution in [0.3, 0.4) is 0 Å². The molecule has 0 saturated heterocycles. The molecule has 4 nitrogen and oxygen atoms in total. The topological polar surface area (TPSA) is 51.5 Å². The number of amides is 1. The molecular formula is C19H17NO3S. The summed E-state index contributed by atoms with van der Waals surface area (Å²) in [5, 5.41) is 2.84. The van der Waals surface area contributed by atoms with Crippen LogP contribution in [0.15, 0.2) is 76.2 Å². The number of rotatable bonds is 6. The minimum Gasteiger partial charge on any atom is -0.489 e. The predicted molar refractivity (Wildman–Crippen MR) is 95.7 cm³/mol. The van der Waals surface area contributed by atoms with Gasteiger partial charge in [-0.3, -0.25) is 4.79 Å². The summed E-state index contributed by atoms with van der Waals surface area (Å²) < 4.78 is 11.0. The minimum atomic E-state index is -0.288. The predicted octanol–water partition coefficient (Wildman–Crippen LogP) is 4.83. The van der Waals surface area contributed by atoms with E-state index in [-0.39, 0.29) is 18.3 Å². The van der Waals surface area contributed by atoms with Gasteiger partial charge in [-0.15, -0.1) is 11.8 Å². The number of benzene rings is 2. The third-order valence-corrected chi connectivity index (χ3v) is 4.18. The van der Waals surface area contributed by atoms with E-state index in [0.717, 1.165) is 16.3 Å². The summed E-state index contributed by atoms with van der Waals surface area (Å²) in [6.45, 7) is 0.272. The van der Waals surface area contributed by atoms with Crippen LogP contribution >= 0.6 is 11.8 Å². The van der Waals surface area contributed by atoms with Gasteiger partial charge in [0.25, 0.3) is 5.91 Å². The first-order chi connectivity index (χ1) is 11.8. The van der Waals surface area contributed by atoms with Crippen LogP contribution in [-0.2, 0) is 6.61 Å². The first-order valence-electron chi connectivity index (χ1n) is 7.46. The zero-order valence-electron chi connectivity index (χ0n) is 13.2. The molecule has 0 fully saturated rings. The van der Waals surface area contributed by atoms with Crippen molar-refractivity contribution >= 4 is 23.4 Å². The lowest BCUT2D eigenvalue weighted by Crippen LogP contribution is -2.13. The van der Waals surface area contributed by atoms with Gasteiger partial charge < -0.3 is 14.5 Å². The molecule has 0 aliphatic rings. The minimum absolute atomic E-state index is 0.264. The Bertz CT molecular complexity index is 797. The van der Waals surface area contributed by atoms with Crippen molar-refractivity contribution in [3.8, 4) is 5.75 Å². The molecule has 122 valence electrons. The van der Waals surface area contributed by atoms with Crippen LogP contribution in [0, 0.1) is 0 Å². The monoisotopic (exact) mass is 339 g/mol. The second-order valence-electron chi connectivity index (χ2n) is 5.06. The van der Waals surface area contributed by atoms with E-state index < -0.39 is 0 Å². The van der Waals surface area contributed by atoms with Gasteiger partial charge in [0.05, 0.1) is 6.26 Å². The van der Waals surface area contributed by atoms with E-state index in [2.05, 4.69) is 5.32 Å². The molecule has 0 spiro atoms. The second kappa shape index (κ2) is 7.75. The SMILES string of the molecule is CSc1ccc(NC(=O)c2occc2COc2ccccc2)cc1. The number of hydrogen-bond acceptors (Lipinski definition) is 4. The summed E-state index contributed by atoms with van der Waals surface area (Å²) in [6.07, 6.45) is 3.50. The molecule has 0 radical (unpaired) electrons. The molecular weight excluding hydrogens is 322 g/mol. The summed E-state index contributed by atoms with van der Waals surface area (Å²) in [4.78, 5) is 13.5. The van der Waals surface area contributed by atoms with E-state index in [0.29, 0.717) is 5.56 Å². The van der Waals surface area contributed by atoms with E-state index in [1.807, 2.05) is 60.9 Å². The van der Waals surface area contributed by atoms with Gasteiger partial charge in [-0.2, -0.15) is 0 Å². The molecule has 0 saturated carbocycles. The van der Waals surface area contributed by atoms with E-state index in [4.69, 9.17) is 9.15 Å². The van der Waals surface area contributed by atoms with Gasteiger partial charge in [0, 0.05) is 16.1 Å². The maximum Gasteiger partial charge on any atom is 0.291 e. The molecule has 1 N–H and O–H groups in total. The number of furan rings is 1. The smallest absolute Gasteiger partial charge is 0.291 e. The van der Waals surface area contributed by atoms with Gasteiger partial charge in [0.15, 0.2) is 5.76 Å². The number of carbonyl (C=O) groups excluding carboxylic acids is 1. The molecule has 0 atom stereocenters. The highest BCUT2D eigenvalue weighted by molar-refractivity contribution is 7.98. The van der Waals surface area contributed by atoms with Crippen LogP contribution in [0.1, 0.15) is 16.1 Å². The summed E-state index contributed by atoms with van der Waals surface area (Å²) >= 11 is 1.65. The summed E-state index contributed by atoms with van der Waals surface area (Å²) in [5.74, 6) is 0.723. The fraction of sp³-hybridized carbons (Fsp3) is 0.105. The Hall–Kier alpha value is -2.66. The third kappa shape index (κ3) is 4.00. The molecule has 1 aromatic heterocycles. The highest BCUT2D eigenvalue weighted by atomic mass is 32.2. The standard InChI is InChI=1S/C19H17NO3S/c1-24-17-9-7-15(8-10-17)20-19(21)18-14(11-12-22-18)13-23-16-5-3-2-4-6-16/h2-12H,13H2,1H3,(H,20,21). The lowest BCUT2D eigenvalue weighted by molar-refractivity contribution is 0.0993. The van der Waals surface area contributed by atoms with Gasteiger partial charge in [0.1, 0.15) is 12.4 Å². The van der Waals surface area contributed by atoms with E-state index in [1.165, 1.54) is 6.26 Å². The van der Waals surface area contributed by atoms with Gasteiger partial charge in [-0.1, -0.05) is 18.2 Å². The van der Waals surface area contributed by atoms with Crippen LogP contribution in [0.25, 0.3) is 0 Å². The van der Waals surface area contributed by atoms with Crippen LogP contribution in [0.5, 0.6) is 5.75 Å². The molecule has 0 aliphatic carbocycles. The molecule has 2 aromatic carbocycles. The Kier molecular flexibility index (Phi) is 5.23. The fourth-order valence-corrected chi connectivity index (χ4v) is 2.60. The molecule has 3 rings (SSSR count). The summed E-state index contributed by atoms with van der Waals surface area (Å²) in [5.41, 5.74) is 1.43. The van der Waals surface area contributed by atoms with Crippen molar-refractivity contribution in [3.05, 3.63) is 78.3 Å². The number of hydrogen-bond donors (Lipinski definition) is 1. The quantitative estimate of drug-likeness (QED) is 0.653. The fourth-order valence-electron chi connectivity index (χ4n) is 2.19. The van der Waals surface area contributed by atoms with E-state index in [9.17, 15) is 4.79 Å². The van der Waals surface area contributed by atoms with Crippen molar-refractivity contribution in [3.63, 3.8) is 0 Å². The van der Waals surface area contributed by atoms with Crippen molar-refractivity contribution in [1.82, 2.24) is 0 Å². The van der Waals surface area contributed by atoms with Gasteiger partial charge in [0.2, 0.25) is 0 Å². The Labute approximate surface area is 144 Å². The highest BCUT2D eigenvalue weighted by Gasteiger charge is 2.16. The zero-order valence-corrected chi connectivity index (χ0v) is 14.0. The normalized spacial score (nSPS) is 10.4.